The van der Waals surface area contributed by atoms with E-state index < -0.39 is 0 Å². The molecule has 6 nitrogen and oxygen atoms in total. The number of furan rings is 1. The molecule has 0 bridgehead atoms. The summed E-state index contributed by atoms with van der Waals surface area (Å²) in [5.74, 6) is 2.60. The number of hydrogen-bond donors (Lipinski definition) is 2. The third-order valence-electron chi connectivity index (χ3n) is 4.43. The third kappa shape index (κ3) is 6.30. The summed E-state index contributed by atoms with van der Waals surface area (Å²) in [7, 11) is 0. The van der Waals surface area contributed by atoms with Crippen molar-refractivity contribution in [3.63, 3.8) is 0 Å². The summed E-state index contributed by atoms with van der Waals surface area (Å²) in [4.78, 5) is 15.7. The van der Waals surface area contributed by atoms with E-state index in [1.54, 1.807) is 11.8 Å². The van der Waals surface area contributed by atoms with Crippen LogP contribution >= 0.6 is 11.8 Å². The molecule has 2 heterocycles. The van der Waals surface area contributed by atoms with E-state index in [-0.39, 0.29) is 12.1 Å². The lowest BCUT2D eigenvalue weighted by molar-refractivity contribution is 0.0121. The Hall–Kier alpha value is -1.96. The van der Waals surface area contributed by atoms with Crippen molar-refractivity contribution in [1.29, 1.82) is 0 Å². The molecule has 3 rings (SSSR count). The van der Waals surface area contributed by atoms with Crippen LogP contribution in [0.3, 0.4) is 0 Å². The minimum Gasteiger partial charge on any atom is -0.465 e. The Morgan fingerprint density at radius 2 is 1.93 bits per heavy atom. The van der Waals surface area contributed by atoms with Gasteiger partial charge in [-0.15, -0.1) is 11.8 Å². The summed E-state index contributed by atoms with van der Waals surface area (Å²) in [5, 5.41) is 5.91. The van der Waals surface area contributed by atoms with Crippen molar-refractivity contribution in [1.82, 2.24) is 15.5 Å². The molecule has 2 aromatic rings. The SMILES string of the molecule is Cc1ccc(C(CNC(=O)NCCSc2ccccc2)N2CCOCC2)o1. The molecular weight excluding hydrogens is 362 g/mol. The smallest absolute Gasteiger partial charge is 0.314 e. The van der Waals surface area contributed by atoms with Crippen LogP contribution in [0.15, 0.2) is 51.8 Å². The van der Waals surface area contributed by atoms with Gasteiger partial charge >= 0.3 is 6.03 Å². The minimum absolute atomic E-state index is 0.0204. The normalized spacial score (nSPS) is 16.0. The van der Waals surface area contributed by atoms with Crippen molar-refractivity contribution in [2.45, 2.75) is 17.9 Å². The standard InChI is InChI=1S/C20H27N3O3S/c1-16-7-8-19(26-16)18(23-10-12-25-13-11-23)15-22-20(24)21-9-14-27-17-5-3-2-4-6-17/h2-8,18H,9-15H2,1H3,(H2,21,22,24). The Balaban J connectivity index is 1.44. The molecule has 1 unspecified atom stereocenters. The Morgan fingerprint density at radius 3 is 2.63 bits per heavy atom. The molecule has 0 radical (unpaired) electrons. The summed E-state index contributed by atoms with van der Waals surface area (Å²) < 4.78 is 11.3. The maximum Gasteiger partial charge on any atom is 0.314 e. The number of urea groups is 1. The second-order valence-corrected chi connectivity index (χ2v) is 7.58. The Morgan fingerprint density at radius 1 is 1.15 bits per heavy atom. The van der Waals surface area contributed by atoms with E-state index in [0.29, 0.717) is 26.3 Å². The summed E-state index contributed by atoms with van der Waals surface area (Å²) in [6.07, 6.45) is 0. The molecule has 2 N–H and O–H groups in total. The zero-order valence-corrected chi connectivity index (χ0v) is 16.5. The Labute approximate surface area is 164 Å². The van der Waals surface area contributed by atoms with Gasteiger partial charge in [-0.2, -0.15) is 0 Å². The molecule has 1 fully saturated rings. The molecule has 1 aliphatic heterocycles. The number of nitrogens with zero attached hydrogens (tertiary/aromatic N) is 1. The topological polar surface area (TPSA) is 66.7 Å². The van der Waals surface area contributed by atoms with Crippen LogP contribution < -0.4 is 10.6 Å². The van der Waals surface area contributed by atoms with Gasteiger partial charge in [-0.25, -0.2) is 4.79 Å². The molecule has 1 atom stereocenters. The third-order valence-corrected chi connectivity index (χ3v) is 5.45. The number of nitrogens with one attached hydrogen (secondary N) is 2. The number of aryl methyl sites for hydroxylation is 1. The fourth-order valence-electron chi connectivity index (χ4n) is 3.03. The van der Waals surface area contributed by atoms with E-state index in [2.05, 4.69) is 27.7 Å². The van der Waals surface area contributed by atoms with Crippen LogP contribution in [-0.2, 0) is 4.74 Å². The number of ether oxygens (including phenoxy) is 1. The first-order valence-electron chi connectivity index (χ1n) is 9.30. The highest BCUT2D eigenvalue weighted by Crippen LogP contribution is 2.23. The monoisotopic (exact) mass is 389 g/mol. The molecule has 1 aromatic carbocycles. The van der Waals surface area contributed by atoms with E-state index in [1.807, 2.05) is 37.3 Å². The predicted octanol–water partition coefficient (Wildman–Crippen LogP) is 3.05. The molecule has 0 aliphatic carbocycles. The molecule has 2 amide bonds. The predicted molar refractivity (Wildman–Crippen MR) is 107 cm³/mol. The van der Waals surface area contributed by atoms with E-state index >= 15 is 0 Å². The second-order valence-electron chi connectivity index (χ2n) is 6.41. The van der Waals surface area contributed by atoms with Crippen molar-refractivity contribution in [2.24, 2.45) is 0 Å². The molecule has 1 saturated heterocycles. The summed E-state index contributed by atoms with van der Waals surface area (Å²) in [6, 6.07) is 14.0. The molecular formula is C20H27N3O3S. The fourth-order valence-corrected chi connectivity index (χ4v) is 3.82. The lowest BCUT2D eigenvalue weighted by atomic mass is 10.1. The summed E-state index contributed by atoms with van der Waals surface area (Å²) in [6.45, 7) is 6.14. The number of amides is 2. The van der Waals surface area contributed by atoms with Crippen molar-refractivity contribution < 1.29 is 13.9 Å². The fraction of sp³-hybridized carbons (Fsp3) is 0.450. The van der Waals surface area contributed by atoms with Gasteiger partial charge in [0.25, 0.3) is 0 Å². The highest BCUT2D eigenvalue weighted by Gasteiger charge is 2.25. The van der Waals surface area contributed by atoms with Gasteiger partial charge in [0.2, 0.25) is 0 Å². The van der Waals surface area contributed by atoms with Crippen molar-refractivity contribution in [3.8, 4) is 0 Å². The van der Waals surface area contributed by atoms with E-state index in [9.17, 15) is 4.79 Å². The zero-order valence-electron chi connectivity index (χ0n) is 15.6. The van der Waals surface area contributed by atoms with Gasteiger partial charge in [-0.1, -0.05) is 18.2 Å². The number of carbonyl (C=O) groups is 1. The van der Waals surface area contributed by atoms with E-state index in [4.69, 9.17) is 9.15 Å². The van der Waals surface area contributed by atoms with Crippen LogP contribution in [0.4, 0.5) is 4.79 Å². The molecule has 27 heavy (non-hydrogen) atoms. The number of carbonyl (C=O) groups excluding carboxylic acids is 1. The Kier molecular flexibility index (Phi) is 7.62. The van der Waals surface area contributed by atoms with Crippen molar-refractivity contribution in [2.75, 3.05) is 45.1 Å². The van der Waals surface area contributed by atoms with Crippen molar-refractivity contribution >= 4 is 17.8 Å². The largest absolute Gasteiger partial charge is 0.465 e. The van der Waals surface area contributed by atoms with Crippen LogP contribution in [0, 0.1) is 6.92 Å². The number of thioether (sulfide) groups is 1. The highest BCUT2D eigenvalue weighted by molar-refractivity contribution is 7.99. The van der Waals surface area contributed by atoms with Gasteiger partial charge in [-0.05, 0) is 31.2 Å². The number of morpholine rings is 1. The molecule has 7 heteroatoms. The average molecular weight is 390 g/mol. The summed E-state index contributed by atoms with van der Waals surface area (Å²) in [5.41, 5.74) is 0. The van der Waals surface area contributed by atoms with Gasteiger partial charge in [0.15, 0.2) is 0 Å². The number of rotatable bonds is 8. The Bertz CT molecular complexity index is 702. The lowest BCUT2D eigenvalue weighted by Gasteiger charge is -2.33. The quantitative estimate of drug-likeness (QED) is 0.537. The first-order valence-corrected chi connectivity index (χ1v) is 10.3. The van der Waals surface area contributed by atoms with Crippen LogP contribution in [0.25, 0.3) is 0 Å². The van der Waals surface area contributed by atoms with Gasteiger partial charge in [0, 0.05) is 36.8 Å². The molecule has 146 valence electrons. The molecule has 0 saturated carbocycles. The first-order chi connectivity index (χ1) is 13.2. The maximum atomic E-state index is 12.2. The van der Waals surface area contributed by atoms with Crippen LogP contribution in [0.5, 0.6) is 0 Å². The maximum absolute atomic E-state index is 12.2. The van der Waals surface area contributed by atoms with Crippen LogP contribution in [-0.4, -0.2) is 56.1 Å². The van der Waals surface area contributed by atoms with Crippen molar-refractivity contribution in [3.05, 3.63) is 54.0 Å². The molecule has 0 spiro atoms. The summed E-state index contributed by atoms with van der Waals surface area (Å²) >= 11 is 1.73. The minimum atomic E-state index is -0.148. The molecule has 1 aliphatic rings. The van der Waals surface area contributed by atoms with E-state index in [1.165, 1.54) is 4.90 Å². The average Bonchev–Trinajstić information content (AvgIpc) is 3.13. The molecule has 1 aromatic heterocycles. The van der Waals surface area contributed by atoms with Gasteiger partial charge in [0.05, 0.1) is 19.3 Å². The lowest BCUT2D eigenvalue weighted by Crippen LogP contribution is -2.45. The zero-order chi connectivity index (χ0) is 18.9. The number of hydrogen-bond acceptors (Lipinski definition) is 5. The number of benzene rings is 1. The van der Waals surface area contributed by atoms with Crippen LogP contribution in [0.1, 0.15) is 17.6 Å². The van der Waals surface area contributed by atoms with E-state index in [0.717, 1.165) is 30.4 Å². The van der Waals surface area contributed by atoms with Crippen LogP contribution in [0.2, 0.25) is 0 Å². The second kappa shape index (κ2) is 10.4. The first kappa shape index (κ1) is 19.8. The van der Waals surface area contributed by atoms with Gasteiger partial charge in [-0.3, -0.25) is 4.90 Å². The highest BCUT2D eigenvalue weighted by atomic mass is 32.2. The van der Waals surface area contributed by atoms with Gasteiger partial charge < -0.3 is 19.8 Å². The van der Waals surface area contributed by atoms with Gasteiger partial charge in [0.1, 0.15) is 11.5 Å².